The van der Waals surface area contributed by atoms with Crippen LogP contribution in [0.1, 0.15) is 22.5 Å². The van der Waals surface area contributed by atoms with Crippen LogP contribution >= 0.6 is 35.3 Å². The van der Waals surface area contributed by atoms with Crippen LogP contribution < -0.4 is 10.2 Å². The van der Waals surface area contributed by atoms with Crippen LogP contribution in [-0.2, 0) is 11.2 Å². The van der Waals surface area contributed by atoms with E-state index in [0.29, 0.717) is 33.6 Å². The molecule has 6 nitrogen and oxygen atoms in total. The van der Waals surface area contributed by atoms with E-state index in [2.05, 4.69) is 15.2 Å². The average molecular weight is 493 g/mol. The zero-order chi connectivity index (χ0) is 22.2. The van der Waals surface area contributed by atoms with Gasteiger partial charge in [0.1, 0.15) is 0 Å². The molecule has 0 aliphatic heterocycles. The van der Waals surface area contributed by atoms with Gasteiger partial charge < -0.3 is 10.2 Å². The number of aromatic nitrogens is 1. The van der Waals surface area contributed by atoms with Gasteiger partial charge in [-0.3, -0.25) is 14.5 Å². The number of halogens is 2. The molecule has 0 saturated carbocycles. The van der Waals surface area contributed by atoms with Gasteiger partial charge in [0, 0.05) is 28.2 Å². The van der Waals surface area contributed by atoms with Crippen LogP contribution in [0.2, 0.25) is 5.02 Å². The van der Waals surface area contributed by atoms with Gasteiger partial charge in [0.15, 0.2) is 5.13 Å². The minimum atomic E-state index is -0.173. The number of anilines is 2. The Morgan fingerprint density at radius 3 is 2.38 bits per heavy atom. The quantitative estimate of drug-likeness (QED) is 0.456. The van der Waals surface area contributed by atoms with Gasteiger partial charge in [-0.2, -0.15) is 0 Å². The Kier molecular flexibility index (Phi) is 10.1. The topological polar surface area (TPSA) is 65.5 Å². The van der Waals surface area contributed by atoms with E-state index < -0.39 is 0 Å². The molecule has 32 heavy (non-hydrogen) atoms. The molecular formula is C23H26Cl2N4O2S. The first kappa shape index (κ1) is 25.8. The van der Waals surface area contributed by atoms with E-state index in [1.165, 1.54) is 11.3 Å². The van der Waals surface area contributed by atoms with E-state index >= 15 is 0 Å². The van der Waals surface area contributed by atoms with E-state index in [4.69, 9.17) is 11.6 Å². The number of thiazole rings is 1. The van der Waals surface area contributed by atoms with Crippen molar-refractivity contribution >= 4 is 58.0 Å². The molecule has 0 spiro atoms. The van der Waals surface area contributed by atoms with Crippen molar-refractivity contribution in [2.75, 3.05) is 37.4 Å². The number of hydrogen-bond donors (Lipinski definition) is 1. The Morgan fingerprint density at radius 2 is 1.72 bits per heavy atom. The number of carbonyl (C=O) groups is 2. The second-order valence-corrected chi connectivity index (χ2v) is 8.61. The largest absolute Gasteiger partial charge is 0.326 e. The van der Waals surface area contributed by atoms with Gasteiger partial charge in [-0.15, -0.1) is 23.7 Å². The smallest absolute Gasteiger partial charge is 0.260 e. The zero-order valence-corrected chi connectivity index (χ0v) is 20.3. The summed E-state index contributed by atoms with van der Waals surface area (Å²) in [4.78, 5) is 33.9. The van der Waals surface area contributed by atoms with Crippen molar-refractivity contribution in [3.63, 3.8) is 0 Å². The molecule has 2 aromatic carbocycles. The molecule has 3 aromatic rings. The Bertz CT molecular complexity index is 1010. The summed E-state index contributed by atoms with van der Waals surface area (Å²) in [6.07, 6.45) is 0.946. The molecule has 0 radical (unpaired) electrons. The maximum Gasteiger partial charge on any atom is 0.260 e. The minimum Gasteiger partial charge on any atom is -0.326 e. The molecule has 3 rings (SSSR count). The van der Waals surface area contributed by atoms with Crippen LogP contribution in [0.4, 0.5) is 10.8 Å². The lowest BCUT2D eigenvalue weighted by molar-refractivity contribution is -0.115. The summed E-state index contributed by atoms with van der Waals surface area (Å²) in [5.74, 6) is -0.265. The Balaban J connectivity index is 0.00000363. The third kappa shape index (κ3) is 7.60. The van der Waals surface area contributed by atoms with Crippen LogP contribution in [0.15, 0.2) is 60.0 Å². The molecule has 0 atom stereocenters. The highest BCUT2D eigenvalue weighted by Gasteiger charge is 2.21. The number of amides is 2. The third-order valence-corrected chi connectivity index (χ3v) is 5.66. The lowest BCUT2D eigenvalue weighted by atomic mass is 10.2. The van der Waals surface area contributed by atoms with E-state index in [1.54, 1.807) is 41.3 Å². The van der Waals surface area contributed by atoms with Crippen LogP contribution in [0, 0.1) is 0 Å². The molecule has 0 unspecified atom stereocenters. The molecule has 1 N–H and O–H groups in total. The van der Waals surface area contributed by atoms with Gasteiger partial charge in [0.2, 0.25) is 5.91 Å². The Hall–Kier alpha value is -2.45. The van der Waals surface area contributed by atoms with Crippen molar-refractivity contribution < 1.29 is 9.59 Å². The van der Waals surface area contributed by atoms with Crippen molar-refractivity contribution in [1.82, 2.24) is 9.88 Å². The molecule has 0 saturated heterocycles. The van der Waals surface area contributed by atoms with E-state index in [1.807, 2.05) is 37.7 Å². The molecule has 0 fully saturated rings. The molecule has 2 amide bonds. The summed E-state index contributed by atoms with van der Waals surface area (Å²) in [6.45, 7) is 1.41. The fraction of sp³-hybridized carbons (Fsp3) is 0.261. The summed E-state index contributed by atoms with van der Waals surface area (Å²) in [6, 6.07) is 16.1. The average Bonchev–Trinajstić information content (AvgIpc) is 3.20. The first-order valence-corrected chi connectivity index (χ1v) is 11.2. The van der Waals surface area contributed by atoms with Crippen molar-refractivity contribution in [2.45, 2.75) is 12.8 Å². The predicted octanol–water partition coefficient (Wildman–Crippen LogP) is 5.00. The Labute approximate surface area is 203 Å². The molecule has 0 aliphatic carbocycles. The van der Waals surface area contributed by atoms with Crippen molar-refractivity contribution in [3.05, 3.63) is 76.3 Å². The summed E-state index contributed by atoms with van der Waals surface area (Å²) in [5.41, 5.74) is 1.92. The van der Waals surface area contributed by atoms with E-state index in [0.717, 1.165) is 13.0 Å². The molecule has 170 valence electrons. The normalized spacial score (nSPS) is 10.5. The number of nitrogens with zero attached hydrogens (tertiary/aromatic N) is 3. The fourth-order valence-corrected chi connectivity index (χ4v) is 3.94. The fourth-order valence-electron chi connectivity index (χ4n) is 2.97. The van der Waals surface area contributed by atoms with Gasteiger partial charge in [0.25, 0.3) is 5.91 Å². The third-order valence-electron chi connectivity index (χ3n) is 4.49. The van der Waals surface area contributed by atoms with Gasteiger partial charge in [-0.05, 0) is 63.5 Å². The highest BCUT2D eigenvalue weighted by Crippen LogP contribution is 2.24. The van der Waals surface area contributed by atoms with Crippen LogP contribution in [0.3, 0.4) is 0 Å². The predicted molar refractivity (Wildman–Crippen MR) is 134 cm³/mol. The van der Waals surface area contributed by atoms with Crippen molar-refractivity contribution in [1.29, 1.82) is 0 Å². The number of carbonyl (C=O) groups excluding carboxylic acids is 2. The van der Waals surface area contributed by atoms with E-state index in [9.17, 15) is 9.59 Å². The monoisotopic (exact) mass is 492 g/mol. The molecule has 1 aromatic heterocycles. The lowest BCUT2D eigenvalue weighted by Crippen LogP contribution is -2.33. The maximum absolute atomic E-state index is 13.1. The minimum absolute atomic E-state index is 0. The lowest BCUT2D eigenvalue weighted by Gasteiger charge is -2.21. The number of nitrogens with one attached hydrogen (secondary N) is 1. The number of rotatable bonds is 9. The Morgan fingerprint density at radius 1 is 1.03 bits per heavy atom. The highest BCUT2D eigenvalue weighted by molar-refractivity contribution is 7.14. The van der Waals surface area contributed by atoms with Crippen LogP contribution in [0.5, 0.6) is 0 Å². The van der Waals surface area contributed by atoms with Gasteiger partial charge >= 0.3 is 0 Å². The first-order valence-electron chi connectivity index (χ1n) is 9.94. The van der Waals surface area contributed by atoms with Crippen LogP contribution in [0.25, 0.3) is 0 Å². The molecule has 0 aliphatic rings. The SMILES string of the molecule is CN(C)CCCN(C(=O)c1ccccc1)c1nc(CC(=O)Nc2ccc(Cl)cc2)cs1.Cl. The van der Waals surface area contributed by atoms with Crippen LogP contribution in [-0.4, -0.2) is 48.9 Å². The van der Waals surface area contributed by atoms with E-state index in [-0.39, 0.29) is 30.6 Å². The molecule has 9 heteroatoms. The zero-order valence-electron chi connectivity index (χ0n) is 18.0. The summed E-state index contributed by atoms with van der Waals surface area (Å²) in [7, 11) is 4.01. The van der Waals surface area contributed by atoms with Gasteiger partial charge in [-0.1, -0.05) is 29.8 Å². The first-order chi connectivity index (χ1) is 14.9. The molecule has 0 bridgehead atoms. The standard InChI is InChI=1S/C23H25ClN4O2S.ClH/c1-27(2)13-6-14-28(22(30)17-7-4-3-5-8-17)23-26-20(16-31-23)15-21(29)25-19-11-9-18(24)10-12-19;/h3-5,7-12,16H,6,13-15H2,1-2H3,(H,25,29);1H. The number of hydrogen-bond acceptors (Lipinski definition) is 5. The number of benzene rings is 2. The van der Waals surface area contributed by atoms with Crippen molar-refractivity contribution in [2.24, 2.45) is 0 Å². The molecular weight excluding hydrogens is 467 g/mol. The summed E-state index contributed by atoms with van der Waals surface area (Å²) < 4.78 is 0. The highest BCUT2D eigenvalue weighted by atomic mass is 35.5. The van der Waals surface area contributed by atoms with Gasteiger partial charge in [0.05, 0.1) is 12.1 Å². The van der Waals surface area contributed by atoms with Crippen molar-refractivity contribution in [3.8, 4) is 0 Å². The maximum atomic E-state index is 13.1. The second kappa shape index (κ2) is 12.6. The second-order valence-electron chi connectivity index (χ2n) is 7.33. The summed E-state index contributed by atoms with van der Waals surface area (Å²) in [5, 5.41) is 5.87. The molecule has 1 heterocycles. The summed E-state index contributed by atoms with van der Waals surface area (Å²) >= 11 is 7.25. The van der Waals surface area contributed by atoms with Gasteiger partial charge in [-0.25, -0.2) is 4.98 Å².